The fraction of sp³-hybridized carbons (Fsp3) is 0.300. The van der Waals surface area contributed by atoms with Gasteiger partial charge >= 0.3 is 0 Å². The molecule has 0 aliphatic heterocycles. The van der Waals surface area contributed by atoms with E-state index in [1.165, 1.54) is 5.56 Å². The topological polar surface area (TPSA) is 40.7 Å². The zero-order valence-electron chi connectivity index (χ0n) is 8.03. The van der Waals surface area contributed by atoms with Gasteiger partial charge in [0.1, 0.15) is 5.82 Å². The van der Waals surface area contributed by atoms with E-state index in [0.717, 1.165) is 12.4 Å². The first-order chi connectivity index (χ1) is 6.86. The molecule has 1 atom stereocenters. The molecule has 0 saturated carbocycles. The van der Waals surface area contributed by atoms with Crippen LogP contribution in [0.5, 0.6) is 0 Å². The summed E-state index contributed by atoms with van der Waals surface area (Å²) in [5.41, 5.74) is 1.33. The summed E-state index contributed by atoms with van der Waals surface area (Å²) in [6.45, 7) is 2.94. The van der Waals surface area contributed by atoms with Crippen molar-refractivity contribution in [2.75, 3.05) is 0 Å². The van der Waals surface area contributed by atoms with Crippen molar-refractivity contribution in [3.8, 4) is 0 Å². The number of H-pyrrole nitrogens is 1. The molecule has 0 bridgehead atoms. The molecule has 3 nitrogen and oxygen atoms in total. The largest absolute Gasteiger partial charge is 0.348 e. The Balaban J connectivity index is 1.87. The standard InChI is InChI=1S/C10H13N3S/c1-8(9-2-5-14-7-9)13-6-10-11-3-4-12-10/h2-5,7-8,13H,6H2,1H3,(H,11,12). The van der Waals surface area contributed by atoms with Crippen LogP contribution in [0.15, 0.2) is 29.2 Å². The Morgan fingerprint density at radius 2 is 2.57 bits per heavy atom. The second-order valence-corrected chi connectivity index (χ2v) is 3.98. The van der Waals surface area contributed by atoms with Crippen LogP contribution in [-0.4, -0.2) is 9.97 Å². The van der Waals surface area contributed by atoms with Crippen LogP contribution in [0.2, 0.25) is 0 Å². The van der Waals surface area contributed by atoms with Crippen LogP contribution in [0.3, 0.4) is 0 Å². The van der Waals surface area contributed by atoms with E-state index in [2.05, 4.69) is 39.0 Å². The summed E-state index contributed by atoms with van der Waals surface area (Å²) < 4.78 is 0. The summed E-state index contributed by atoms with van der Waals surface area (Å²) in [5, 5.41) is 7.66. The van der Waals surface area contributed by atoms with Crippen molar-refractivity contribution in [2.24, 2.45) is 0 Å². The van der Waals surface area contributed by atoms with Crippen LogP contribution in [0, 0.1) is 0 Å². The molecule has 74 valence electrons. The van der Waals surface area contributed by atoms with Gasteiger partial charge < -0.3 is 10.3 Å². The second kappa shape index (κ2) is 4.39. The minimum atomic E-state index is 0.381. The van der Waals surface area contributed by atoms with Crippen LogP contribution in [0.1, 0.15) is 24.4 Å². The van der Waals surface area contributed by atoms with Crippen molar-refractivity contribution >= 4 is 11.3 Å². The number of thiophene rings is 1. The maximum absolute atomic E-state index is 4.15. The molecule has 0 aromatic carbocycles. The Labute approximate surface area is 87.2 Å². The molecule has 2 N–H and O–H groups in total. The Bertz CT molecular complexity index is 353. The highest BCUT2D eigenvalue weighted by atomic mass is 32.1. The smallest absolute Gasteiger partial charge is 0.120 e. The van der Waals surface area contributed by atoms with E-state index in [9.17, 15) is 0 Å². The fourth-order valence-corrected chi connectivity index (χ4v) is 2.04. The summed E-state index contributed by atoms with van der Waals surface area (Å²) in [5.74, 6) is 0.979. The molecule has 2 heterocycles. The van der Waals surface area contributed by atoms with E-state index in [-0.39, 0.29) is 0 Å². The van der Waals surface area contributed by atoms with Crippen molar-refractivity contribution < 1.29 is 0 Å². The number of hydrogen-bond acceptors (Lipinski definition) is 3. The number of nitrogens with one attached hydrogen (secondary N) is 2. The molecular formula is C10H13N3S. The highest BCUT2D eigenvalue weighted by Gasteiger charge is 2.04. The fourth-order valence-electron chi connectivity index (χ4n) is 1.28. The predicted octanol–water partition coefficient (Wildman–Crippen LogP) is 2.32. The number of hydrogen-bond donors (Lipinski definition) is 2. The zero-order valence-corrected chi connectivity index (χ0v) is 8.84. The molecule has 0 fully saturated rings. The Hall–Kier alpha value is -1.13. The molecule has 2 aromatic rings. The molecular weight excluding hydrogens is 194 g/mol. The molecule has 2 aromatic heterocycles. The summed E-state index contributed by atoms with van der Waals surface area (Å²) in [6, 6.07) is 2.52. The van der Waals surface area contributed by atoms with Crippen molar-refractivity contribution in [1.82, 2.24) is 15.3 Å². The average molecular weight is 207 g/mol. The molecule has 0 spiro atoms. The predicted molar refractivity (Wildman–Crippen MR) is 58.2 cm³/mol. The molecule has 1 unspecified atom stereocenters. The third-order valence-corrected chi connectivity index (χ3v) is 2.88. The molecule has 0 aliphatic rings. The first kappa shape index (κ1) is 9.43. The van der Waals surface area contributed by atoms with E-state index < -0.39 is 0 Å². The van der Waals surface area contributed by atoms with Gasteiger partial charge in [0.2, 0.25) is 0 Å². The lowest BCUT2D eigenvalue weighted by Crippen LogP contribution is -2.18. The van der Waals surface area contributed by atoms with Crippen molar-refractivity contribution in [3.63, 3.8) is 0 Å². The van der Waals surface area contributed by atoms with Gasteiger partial charge in [-0.25, -0.2) is 4.98 Å². The Kier molecular flexibility index (Phi) is 2.96. The minimum Gasteiger partial charge on any atom is -0.348 e. The summed E-state index contributed by atoms with van der Waals surface area (Å²) in [4.78, 5) is 7.22. The van der Waals surface area contributed by atoms with Gasteiger partial charge in [0.25, 0.3) is 0 Å². The van der Waals surface area contributed by atoms with Crippen LogP contribution >= 0.6 is 11.3 Å². The lowest BCUT2D eigenvalue weighted by molar-refractivity contribution is 0.563. The van der Waals surface area contributed by atoms with Crippen LogP contribution < -0.4 is 5.32 Å². The average Bonchev–Trinajstić information content (AvgIpc) is 2.87. The molecule has 4 heteroatoms. The van der Waals surface area contributed by atoms with Gasteiger partial charge in [-0.05, 0) is 29.3 Å². The lowest BCUT2D eigenvalue weighted by Gasteiger charge is -2.10. The van der Waals surface area contributed by atoms with E-state index in [1.807, 2.05) is 6.20 Å². The van der Waals surface area contributed by atoms with Gasteiger partial charge in [-0.2, -0.15) is 11.3 Å². The van der Waals surface area contributed by atoms with Gasteiger partial charge in [-0.15, -0.1) is 0 Å². The number of imidazole rings is 1. The molecule has 0 amide bonds. The summed E-state index contributed by atoms with van der Waals surface area (Å²) in [6.07, 6.45) is 3.61. The zero-order chi connectivity index (χ0) is 9.80. The van der Waals surface area contributed by atoms with Gasteiger partial charge in [-0.3, -0.25) is 0 Å². The highest BCUT2D eigenvalue weighted by molar-refractivity contribution is 7.07. The molecule has 14 heavy (non-hydrogen) atoms. The third-order valence-electron chi connectivity index (χ3n) is 2.17. The van der Waals surface area contributed by atoms with E-state index in [0.29, 0.717) is 6.04 Å². The first-order valence-corrected chi connectivity index (χ1v) is 5.54. The maximum Gasteiger partial charge on any atom is 0.120 e. The number of aromatic nitrogens is 2. The van der Waals surface area contributed by atoms with E-state index in [1.54, 1.807) is 17.5 Å². The van der Waals surface area contributed by atoms with Crippen LogP contribution in [-0.2, 0) is 6.54 Å². The monoisotopic (exact) mass is 207 g/mol. The lowest BCUT2D eigenvalue weighted by atomic mass is 10.2. The van der Waals surface area contributed by atoms with E-state index >= 15 is 0 Å². The highest BCUT2D eigenvalue weighted by Crippen LogP contribution is 2.15. The third kappa shape index (κ3) is 2.21. The van der Waals surface area contributed by atoms with Gasteiger partial charge in [0.15, 0.2) is 0 Å². The molecule has 0 aliphatic carbocycles. The van der Waals surface area contributed by atoms with Gasteiger partial charge in [0.05, 0.1) is 6.54 Å². The van der Waals surface area contributed by atoms with Crippen LogP contribution in [0.25, 0.3) is 0 Å². The van der Waals surface area contributed by atoms with Gasteiger partial charge in [0, 0.05) is 18.4 Å². The van der Waals surface area contributed by atoms with Crippen molar-refractivity contribution in [2.45, 2.75) is 19.5 Å². The number of aromatic amines is 1. The van der Waals surface area contributed by atoms with Crippen molar-refractivity contribution in [3.05, 3.63) is 40.6 Å². The minimum absolute atomic E-state index is 0.381. The Morgan fingerprint density at radius 3 is 3.21 bits per heavy atom. The number of nitrogens with zero attached hydrogens (tertiary/aromatic N) is 1. The van der Waals surface area contributed by atoms with E-state index in [4.69, 9.17) is 0 Å². The second-order valence-electron chi connectivity index (χ2n) is 3.20. The summed E-state index contributed by atoms with van der Waals surface area (Å²) >= 11 is 1.73. The normalized spacial score (nSPS) is 12.9. The molecule has 0 saturated heterocycles. The quantitative estimate of drug-likeness (QED) is 0.807. The van der Waals surface area contributed by atoms with Crippen molar-refractivity contribution in [1.29, 1.82) is 0 Å². The SMILES string of the molecule is CC(NCc1ncc[nH]1)c1ccsc1. The molecule has 2 rings (SSSR count). The summed E-state index contributed by atoms with van der Waals surface area (Å²) in [7, 11) is 0. The first-order valence-electron chi connectivity index (χ1n) is 4.60. The van der Waals surface area contributed by atoms with Gasteiger partial charge in [-0.1, -0.05) is 0 Å². The Morgan fingerprint density at radius 1 is 1.64 bits per heavy atom. The molecule has 0 radical (unpaired) electrons. The van der Waals surface area contributed by atoms with Crippen LogP contribution in [0.4, 0.5) is 0 Å². The number of rotatable bonds is 4. The maximum atomic E-state index is 4.15.